The van der Waals surface area contributed by atoms with Crippen molar-refractivity contribution in [3.8, 4) is 5.75 Å². The van der Waals surface area contributed by atoms with Gasteiger partial charge in [0, 0.05) is 27.1 Å². The first kappa shape index (κ1) is 28.0. The monoisotopic (exact) mass is 598 g/mol. The molecule has 5 rings (SSSR count). The Labute approximate surface area is 245 Å². The van der Waals surface area contributed by atoms with Gasteiger partial charge in [-0.15, -0.1) is 5.10 Å². The molecule has 1 aromatic heterocycles. The molecule has 1 atom stereocenters. The second-order valence-corrected chi connectivity index (χ2v) is 10.7. The molecule has 0 saturated carbocycles. The van der Waals surface area contributed by atoms with E-state index < -0.39 is 12.0 Å². The highest BCUT2D eigenvalue weighted by Gasteiger charge is 2.35. The summed E-state index contributed by atoms with van der Waals surface area (Å²) in [7, 11) is 0. The van der Waals surface area contributed by atoms with E-state index in [1.54, 1.807) is 48.9 Å². The lowest BCUT2D eigenvalue weighted by Crippen LogP contribution is -2.29. The molecule has 0 amide bonds. The van der Waals surface area contributed by atoms with Crippen LogP contribution in [0.25, 0.3) is 0 Å². The molecule has 0 saturated heterocycles. The first-order chi connectivity index (χ1) is 19.3. The van der Waals surface area contributed by atoms with Gasteiger partial charge in [0.15, 0.2) is 0 Å². The highest BCUT2D eigenvalue weighted by atomic mass is 35.5. The minimum Gasteiger partial charge on any atom is -0.489 e. The zero-order valence-corrected chi connectivity index (χ0v) is 24.0. The maximum Gasteiger partial charge on any atom is 0.338 e. The molecule has 4 aromatic rings. The van der Waals surface area contributed by atoms with E-state index in [0.29, 0.717) is 49.5 Å². The Morgan fingerprint density at radius 3 is 2.60 bits per heavy atom. The summed E-state index contributed by atoms with van der Waals surface area (Å²) in [4.78, 5) is 17.7. The first-order valence-corrected chi connectivity index (χ1v) is 14.2. The SMILES string of the molecule is CCOC(=O)C1=C(C)Nc2nc(SCc3ccccc3F)nn2C1c1ccc(OCc2ccc(Cl)cc2Cl)cc1. The zero-order chi connectivity index (χ0) is 28.2. The first-order valence-electron chi connectivity index (χ1n) is 12.5. The van der Waals surface area contributed by atoms with E-state index in [0.717, 1.165) is 11.1 Å². The number of carbonyl (C=O) groups is 1. The van der Waals surface area contributed by atoms with Gasteiger partial charge in [-0.1, -0.05) is 71.4 Å². The smallest absolute Gasteiger partial charge is 0.338 e. The number of carbonyl (C=O) groups excluding carboxylic acids is 1. The van der Waals surface area contributed by atoms with Gasteiger partial charge in [0.2, 0.25) is 11.1 Å². The Morgan fingerprint density at radius 2 is 1.88 bits per heavy atom. The van der Waals surface area contributed by atoms with Gasteiger partial charge >= 0.3 is 5.97 Å². The Hall–Kier alpha value is -3.53. The molecule has 1 aliphatic heterocycles. The van der Waals surface area contributed by atoms with Crippen molar-refractivity contribution < 1.29 is 18.7 Å². The molecule has 2 heterocycles. The van der Waals surface area contributed by atoms with Gasteiger partial charge in [-0.05, 0) is 55.3 Å². The fourth-order valence-corrected chi connectivity index (χ4v) is 5.56. The summed E-state index contributed by atoms with van der Waals surface area (Å²) in [6, 6.07) is 18.7. The molecule has 0 aliphatic carbocycles. The maximum atomic E-state index is 14.1. The predicted molar refractivity (Wildman–Crippen MR) is 154 cm³/mol. The van der Waals surface area contributed by atoms with Gasteiger partial charge in [0.05, 0.1) is 12.2 Å². The van der Waals surface area contributed by atoms with Crippen LogP contribution in [0.3, 0.4) is 0 Å². The molecule has 0 radical (unpaired) electrons. The number of benzene rings is 3. The summed E-state index contributed by atoms with van der Waals surface area (Å²) in [6.07, 6.45) is 0. The van der Waals surface area contributed by atoms with Crippen LogP contribution in [0.4, 0.5) is 10.3 Å². The summed E-state index contributed by atoms with van der Waals surface area (Å²) in [5.74, 6) is 0.739. The van der Waals surface area contributed by atoms with Gasteiger partial charge in [-0.25, -0.2) is 13.9 Å². The number of halogens is 3. The maximum absolute atomic E-state index is 14.1. The van der Waals surface area contributed by atoms with Crippen LogP contribution in [0.15, 0.2) is 83.2 Å². The minimum absolute atomic E-state index is 0.232. The number of rotatable bonds is 9. The molecule has 1 N–H and O–H groups in total. The largest absolute Gasteiger partial charge is 0.489 e. The molecule has 1 aliphatic rings. The lowest BCUT2D eigenvalue weighted by atomic mass is 9.96. The average molecular weight is 600 g/mol. The summed E-state index contributed by atoms with van der Waals surface area (Å²) in [5, 5.41) is 9.39. The number of esters is 1. The predicted octanol–water partition coefficient (Wildman–Crippen LogP) is 7.45. The molecule has 0 spiro atoms. The van der Waals surface area contributed by atoms with Crippen molar-refractivity contribution >= 4 is 46.9 Å². The number of allylic oxidation sites excluding steroid dienone is 1. The van der Waals surface area contributed by atoms with Crippen molar-refractivity contribution in [3.05, 3.63) is 111 Å². The number of thioether (sulfide) groups is 1. The van der Waals surface area contributed by atoms with Crippen LogP contribution in [0, 0.1) is 5.82 Å². The van der Waals surface area contributed by atoms with Crippen molar-refractivity contribution in [1.29, 1.82) is 0 Å². The number of hydrogen-bond donors (Lipinski definition) is 1. The quantitative estimate of drug-likeness (QED) is 0.158. The molecule has 11 heteroatoms. The van der Waals surface area contributed by atoms with Crippen molar-refractivity contribution in [3.63, 3.8) is 0 Å². The van der Waals surface area contributed by atoms with Crippen LogP contribution in [0.1, 0.15) is 36.6 Å². The van der Waals surface area contributed by atoms with E-state index in [1.807, 2.05) is 30.3 Å². The minimum atomic E-state index is -0.592. The van der Waals surface area contributed by atoms with Gasteiger partial charge in [0.25, 0.3) is 0 Å². The second kappa shape index (κ2) is 12.3. The van der Waals surface area contributed by atoms with E-state index in [1.165, 1.54) is 17.8 Å². The molecular formula is C29H25Cl2FN4O3S. The summed E-state index contributed by atoms with van der Waals surface area (Å²) in [5.41, 5.74) is 3.20. The van der Waals surface area contributed by atoms with Gasteiger partial charge < -0.3 is 14.8 Å². The Balaban J connectivity index is 1.41. The number of nitrogens with one attached hydrogen (secondary N) is 1. The van der Waals surface area contributed by atoms with E-state index in [4.69, 9.17) is 32.7 Å². The van der Waals surface area contributed by atoms with Crippen LogP contribution >= 0.6 is 35.0 Å². The van der Waals surface area contributed by atoms with E-state index in [9.17, 15) is 9.18 Å². The fraction of sp³-hybridized carbons (Fsp3) is 0.207. The summed E-state index contributed by atoms with van der Waals surface area (Å²) in [6.45, 7) is 4.06. The van der Waals surface area contributed by atoms with E-state index in [2.05, 4.69) is 15.4 Å². The number of anilines is 1. The van der Waals surface area contributed by atoms with Crippen LogP contribution in [0.5, 0.6) is 5.75 Å². The normalized spacial score (nSPS) is 14.5. The van der Waals surface area contributed by atoms with Gasteiger partial charge in [-0.2, -0.15) is 4.98 Å². The molecule has 0 fully saturated rings. The number of fused-ring (bicyclic) bond motifs is 1. The molecule has 40 heavy (non-hydrogen) atoms. The van der Waals surface area contributed by atoms with E-state index in [-0.39, 0.29) is 19.0 Å². The number of aromatic nitrogens is 3. The average Bonchev–Trinajstić information content (AvgIpc) is 3.34. The van der Waals surface area contributed by atoms with Gasteiger partial charge in [0.1, 0.15) is 24.2 Å². The van der Waals surface area contributed by atoms with Crippen molar-refractivity contribution in [2.24, 2.45) is 0 Å². The third kappa shape index (κ3) is 6.11. The lowest BCUT2D eigenvalue weighted by Gasteiger charge is -2.28. The van der Waals surface area contributed by atoms with Crippen LogP contribution in [-0.2, 0) is 21.9 Å². The Morgan fingerprint density at radius 1 is 1.10 bits per heavy atom. The lowest BCUT2D eigenvalue weighted by molar-refractivity contribution is -0.139. The fourth-order valence-electron chi connectivity index (χ4n) is 4.28. The third-order valence-electron chi connectivity index (χ3n) is 6.25. The highest BCUT2D eigenvalue weighted by molar-refractivity contribution is 7.98. The molecule has 0 bridgehead atoms. The summed E-state index contributed by atoms with van der Waals surface area (Å²) < 4.78 is 27.1. The van der Waals surface area contributed by atoms with Crippen LogP contribution in [0.2, 0.25) is 10.0 Å². The molecule has 3 aromatic carbocycles. The second-order valence-electron chi connectivity index (χ2n) is 8.92. The Kier molecular flexibility index (Phi) is 8.63. The number of ether oxygens (including phenoxy) is 2. The van der Waals surface area contributed by atoms with Gasteiger partial charge in [-0.3, -0.25) is 0 Å². The van der Waals surface area contributed by atoms with Crippen molar-refractivity contribution in [2.45, 2.75) is 37.4 Å². The molecule has 7 nitrogen and oxygen atoms in total. The van der Waals surface area contributed by atoms with E-state index >= 15 is 0 Å². The molecular weight excluding hydrogens is 574 g/mol. The molecule has 1 unspecified atom stereocenters. The van der Waals surface area contributed by atoms with Crippen molar-refractivity contribution in [1.82, 2.24) is 14.8 Å². The Bertz CT molecular complexity index is 1580. The van der Waals surface area contributed by atoms with Crippen molar-refractivity contribution in [2.75, 3.05) is 11.9 Å². The molecule has 206 valence electrons. The number of hydrogen-bond acceptors (Lipinski definition) is 7. The highest BCUT2D eigenvalue weighted by Crippen LogP contribution is 2.37. The summed E-state index contributed by atoms with van der Waals surface area (Å²) >= 11 is 13.6. The van der Waals surface area contributed by atoms with Crippen LogP contribution in [-0.4, -0.2) is 27.3 Å². The topological polar surface area (TPSA) is 78.3 Å². The van der Waals surface area contributed by atoms with Crippen LogP contribution < -0.4 is 10.1 Å². The standard InChI is InChI=1S/C29H25Cl2FN4O3S/c1-3-38-27(37)25-17(2)33-28-34-29(40-16-20-6-4-5-7-24(20)32)35-36(28)26(25)18-9-12-22(13-10-18)39-15-19-8-11-21(30)14-23(19)31/h4-14,26H,3,15-16H2,1-2H3,(H,33,34,35). The number of nitrogens with zero attached hydrogens (tertiary/aromatic N) is 3. The third-order valence-corrected chi connectivity index (χ3v) is 7.72. The zero-order valence-electron chi connectivity index (χ0n) is 21.7.